The summed E-state index contributed by atoms with van der Waals surface area (Å²) in [4.78, 5) is 14.9. The molecule has 2 N–H and O–H groups in total. The van der Waals surface area contributed by atoms with Gasteiger partial charge in [0, 0.05) is 34.9 Å². The van der Waals surface area contributed by atoms with E-state index in [1.807, 2.05) is 13.8 Å². The highest BCUT2D eigenvalue weighted by molar-refractivity contribution is 7.15. The van der Waals surface area contributed by atoms with Crippen LogP contribution in [-0.2, 0) is 4.74 Å². The lowest BCUT2D eigenvalue weighted by atomic mass is 10.0. The summed E-state index contributed by atoms with van der Waals surface area (Å²) in [6, 6.07) is 2.61. The van der Waals surface area contributed by atoms with E-state index < -0.39 is 0 Å². The molecular weight excluding hydrogens is 439 g/mol. The number of amides is 1. The number of anilines is 1. The van der Waals surface area contributed by atoms with Crippen molar-refractivity contribution < 1.29 is 9.53 Å². The Balaban J connectivity index is 0.00000140. The van der Waals surface area contributed by atoms with E-state index in [1.165, 1.54) is 22.6 Å². The van der Waals surface area contributed by atoms with Crippen molar-refractivity contribution in [2.45, 2.75) is 45.1 Å². The number of aromatic nitrogens is 2. The quantitative estimate of drug-likeness (QED) is 0.669. The monoisotopic (exact) mass is 464 g/mol. The van der Waals surface area contributed by atoms with Gasteiger partial charge in [-0.2, -0.15) is 0 Å². The summed E-state index contributed by atoms with van der Waals surface area (Å²) >= 11 is 3.13. The first-order chi connectivity index (χ1) is 12.6. The lowest BCUT2D eigenvalue weighted by molar-refractivity contribution is 0.0662. The fourth-order valence-corrected chi connectivity index (χ4v) is 5.22. The molecular formula is C18H26Cl2N4O2S2. The lowest BCUT2D eigenvalue weighted by Crippen LogP contribution is -2.29. The molecule has 0 radical (unpaired) electrons. The zero-order valence-electron chi connectivity index (χ0n) is 15.9. The molecule has 1 aliphatic carbocycles. The Morgan fingerprint density at radius 3 is 2.64 bits per heavy atom. The molecule has 2 unspecified atom stereocenters. The van der Waals surface area contributed by atoms with Crippen LogP contribution in [0.3, 0.4) is 0 Å². The minimum atomic E-state index is -0.0893. The fraction of sp³-hybridized carbons (Fsp3) is 0.611. The summed E-state index contributed by atoms with van der Waals surface area (Å²) in [5.41, 5.74) is 0.757. The maximum atomic E-state index is 12.5. The van der Waals surface area contributed by atoms with E-state index >= 15 is 0 Å². The molecule has 2 aliphatic rings. The summed E-state index contributed by atoms with van der Waals surface area (Å²) in [5.74, 6) is 1.20. The van der Waals surface area contributed by atoms with Crippen LogP contribution >= 0.6 is 47.5 Å². The summed E-state index contributed by atoms with van der Waals surface area (Å²) in [5, 5.41) is 15.9. The summed E-state index contributed by atoms with van der Waals surface area (Å²) < 4.78 is 5.42. The van der Waals surface area contributed by atoms with Crippen LogP contribution in [0.1, 0.15) is 50.3 Å². The van der Waals surface area contributed by atoms with Crippen LogP contribution in [0.5, 0.6) is 0 Å². The van der Waals surface area contributed by atoms with Gasteiger partial charge in [-0.3, -0.25) is 10.1 Å². The molecule has 2 aromatic heterocycles. The van der Waals surface area contributed by atoms with Crippen LogP contribution in [0.4, 0.5) is 5.13 Å². The molecule has 1 saturated carbocycles. The van der Waals surface area contributed by atoms with E-state index in [4.69, 9.17) is 4.74 Å². The second-order valence-electron chi connectivity index (χ2n) is 7.11. The van der Waals surface area contributed by atoms with Crippen molar-refractivity contribution in [2.24, 2.45) is 5.92 Å². The highest BCUT2D eigenvalue weighted by atomic mass is 35.5. The number of aryl methyl sites for hydroxylation is 2. The van der Waals surface area contributed by atoms with E-state index in [0.717, 1.165) is 54.0 Å². The number of thiophene rings is 1. The van der Waals surface area contributed by atoms with Gasteiger partial charge in [0.25, 0.3) is 5.91 Å². The minimum absolute atomic E-state index is 0. The first-order valence-corrected chi connectivity index (χ1v) is 10.8. The number of nitrogens with zero attached hydrogens (tertiary/aromatic N) is 2. The number of hydrogen-bond donors (Lipinski definition) is 2. The number of halogens is 2. The zero-order chi connectivity index (χ0) is 18.1. The fourth-order valence-electron chi connectivity index (χ4n) is 3.43. The molecule has 0 bridgehead atoms. The first kappa shape index (κ1) is 23.5. The Morgan fingerprint density at radius 1 is 1.21 bits per heavy atom. The van der Waals surface area contributed by atoms with Crippen molar-refractivity contribution in [3.8, 4) is 0 Å². The first-order valence-electron chi connectivity index (χ1n) is 9.13. The van der Waals surface area contributed by atoms with Gasteiger partial charge in [-0.25, -0.2) is 0 Å². The van der Waals surface area contributed by atoms with Crippen molar-refractivity contribution in [1.82, 2.24) is 15.5 Å². The zero-order valence-corrected chi connectivity index (χ0v) is 19.2. The van der Waals surface area contributed by atoms with Crippen LogP contribution in [-0.4, -0.2) is 41.9 Å². The smallest absolute Gasteiger partial charge is 0.258 e. The Bertz CT molecular complexity index is 792. The second kappa shape index (κ2) is 10.3. The van der Waals surface area contributed by atoms with Crippen molar-refractivity contribution in [2.75, 3.05) is 25.1 Å². The van der Waals surface area contributed by atoms with Crippen molar-refractivity contribution >= 4 is 58.5 Å². The molecule has 1 amide bonds. The minimum Gasteiger partial charge on any atom is -0.381 e. The average Bonchev–Trinajstić information content (AvgIpc) is 3.14. The van der Waals surface area contributed by atoms with Gasteiger partial charge < -0.3 is 10.1 Å². The van der Waals surface area contributed by atoms with E-state index in [1.54, 1.807) is 11.3 Å². The summed E-state index contributed by atoms with van der Waals surface area (Å²) in [6.45, 7) is 6.77. The molecule has 2 atom stereocenters. The number of carbonyl (C=O) groups excluding carboxylic acids is 1. The highest BCUT2D eigenvalue weighted by Crippen LogP contribution is 2.45. The molecule has 10 heteroatoms. The molecule has 0 aromatic carbocycles. The third-order valence-electron chi connectivity index (χ3n) is 5.09. The maximum Gasteiger partial charge on any atom is 0.258 e. The molecule has 1 aliphatic heterocycles. The van der Waals surface area contributed by atoms with Gasteiger partial charge in [-0.05, 0) is 51.6 Å². The Hall–Kier alpha value is -0.770. The van der Waals surface area contributed by atoms with Crippen LogP contribution in [0, 0.1) is 19.8 Å². The standard InChI is InChI=1S/C18H24N4O2S2.2ClH/c1-10-13(17(23)20-18-22-21-11(2)26-18)8-16(25-10)14-7-15(14)19-9-12-3-5-24-6-4-12;;/h8,12,14-15,19H,3-7,9H2,1-2H3,(H,20,22,23);2*1H. The predicted octanol–water partition coefficient (Wildman–Crippen LogP) is 4.18. The largest absolute Gasteiger partial charge is 0.381 e. The Morgan fingerprint density at radius 2 is 1.96 bits per heavy atom. The topological polar surface area (TPSA) is 76.1 Å². The predicted molar refractivity (Wildman–Crippen MR) is 119 cm³/mol. The molecule has 2 aromatic rings. The van der Waals surface area contributed by atoms with E-state index in [2.05, 4.69) is 26.9 Å². The second-order valence-corrected chi connectivity index (χ2v) is 9.58. The average molecular weight is 465 g/mol. The van der Waals surface area contributed by atoms with E-state index in [9.17, 15) is 4.79 Å². The van der Waals surface area contributed by atoms with Crippen molar-refractivity contribution in [3.63, 3.8) is 0 Å². The van der Waals surface area contributed by atoms with Crippen molar-refractivity contribution in [3.05, 3.63) is 26.4 Å². The molecule has 28 heavy (non-hydrogen) atoms. The van der Waals surface area contributed by atoms with Gasteiger partial charge in [-0.15, -0.1) is 46.3 Å². The summed E-state index contributed by atoms with van der Waals surface area (Å²) in [6.07, 6.45) is 3.50. The van der Waals surface area contributed by atoms with Crippen LogP contribution in [0.2, 0.25) is 0 Å². The van der Waals surface area contributed by atoms with Gasteiger partial charge in [0.1, 0.15) is 5.01 Å². The SMILES string of the molecule is Cc1nnc(NC(=O)c2cc(C3CC3NCC3CCOCC3)sc2C)s1.Cl.Cl. The van der Waals surface area contributed by atoms with Gasteiger partial charge >= 0.3 is 0 Å². The molecule has 1 saturated heterocycles. The highest BCUT2D eigenvalue weighted by Gasteiger charge is 2.40. The van der Waals surface area contributed by atoms with Gasteiger partial charge in [0.15, 0.2) is 0 Å². The summed E-state index contributed by atoms with van der Waals surface area (Å²) in [7, 11) is 0. The number of hydrogen-bond acceptors (Lipinski definition) is 7. The van der Waals surface area contributed by atoms with Crippen LogP contribution in [0.15, 0.2) is 6.07 Å². The Labute approximate surface area is 185 Å². The molecule has 3 heterocycles. The number of nitrogens with one attached hydrogen (secondary N) is 2. The number of rotatable bonds is 6. The molecule has 2 fully saturated rings. The van der Waals surface area contributed by atoms with E-state index in [-0.39, 0.29) is 30.7 Å². The number of carbonyl (C=O) groups is 1. The third-order valence-corrected chi connectivity index (χ3v) is 7.03. The maximum absolute atomic E-state index is 12.5. The van der Waals surface area contributed by atoms with Crippen LogP contribution < -0.4 is 10.6 Å². The Kier molecular flexibility index (Phi) is 8.66. The third kappa shape index (κ3) is 5.64. The lowest BCUT2D eigenvalue weighted by Gasteiger charge is -2.22. The van der Waals surface area contributed by atoms with Crippen molar-refractivity contribution in [1.29, 1.82) is 0 Å². The van der Waals surface area contributed by atoms with Gasteiger partial charge in [0.2, 0.25) is 5.13 Å². The van der Waals surface area contributed by atoms with Gasteiger partial charge in [-0.1, -0.05) is 11.3 Å². The molecule has 156 valence electrons. The van der Waals surface area contributed by atoms with E-state index in [0.29, 0.717) is 17.1 Å². The normalized spacial score (nSPS) is 21.5. The van der Waals surface area contributed by atoms with Gasteiger partial charge in [0.05, 0.1) is 5.56 Å². The molecule has 6 nitrogen and oxygen atoms in total. The van der Waals surface area contributed by atoms with Crippen LogP contribution in [0.25, 0.3) is 0 Å². The molecule has 4 rings (SSSR count). The molecule has 0 spiro atoms. The number of ether oxygens (including phenoxy) is 1.